The SMILES string of the molecule is Cc1cc(C)c(/C=N/NC(=O)CN(C)C(C)Cc2ccccc2)c(C)c1. The zero-order valence-electron chi connectivity index (χ0n) is 16.4. The van der Waals surface area contributed by atoms with Crippen molar-refractivity contribution in [3.63, 3.8) is 0 Å². The van der Waals surface area contributed by atoms with Crippen LogP contribution in [0.3, 0.4) is 0 Å². The predicted molar refractivity (Wildman–Crippen MR) is 109 cm³/mol. The number of hydrazone groups is 1. The number of nitrogens with zero attached hydrogens (tertiary/aromatic N) is 2. The standard InChI is InChI=1S/C22H29N3O/c1-16-11-17(2)21(18(3)12-16)14-23-24-22(26)15-25(5)19(4)13-20-9-7-6-8-10-20/h6-12,14,19H,13,15H2,1-5H3,(H,24,26)/b23-14+. The molecule has 4 heteroatoms. The van der Waals surface area contributed by atoms with Crippen molar-refractivity contribution in [2.24, 2.45) is 5.10 Å². The molecule has 0 spiro atoms. The van der Waals surface area contributed by atoms with E-state index in [1.165, 1.54) is 11.1 Å². The molecule has 1 atom stereocenters. The highest BCUT2D eigenvalue weighted by atomic mass is 16.2. The predicted octanol–water partition coefficient (Wildman–Crippen LogP) is 3.62. The summed E-state index contributed by atoms with van der Waals surface area (Å²) < 4.78 is 0. The molecular formula is C22H29N3O. The van der Waals surface area contributed by atoms with E-state index in [0.29, 0.717) is 6.54 Å². The van der Waals surface area contributed by atoms with Gasteiger partial charge in [0.15, 0.2) is 0 Å². The maximum atomic E-state index is 12.2. The number of carbonyl (C=O) groups is 1. The van der Waals surface area contributed by atoms with E-state index in [-0.39, 0.29) is 11.9 Å². The smallest absolute Gasteiger partial charge is 0.254 e. The van der Waals surface area contributed by atoms with E-state index in [1.807, 2.05) is 30.1 Å². The third-order valence-corrected chi connectivity index (χ3v) is 4.64. The molecule has 1 amide bonds. The van der Waals surface area contributed by atoms with Crippen molar-refractivity contribution in [3.8, 4) is 0 Å². The summed E-state index contributed by atoms with van der Waals surface area (Å²) in [5, 5.41) is 4.14. The largest absolute Gasteiger partial charge is 0.294 e. The Kier molecular flexibility index (Phi) is 7.10. The van der Waals surface area contributed by atoms with Crippen molar-refractivity contribution in [2.45, 2.75) is 40.2 Å². The van der Waals surface area contributed by atoms with Crippen LogP contribution in [-0.4, -0.2) is 36.7 Å². The Hall–Kier alpha value is -2.46. The Morgan fingerprint density at radius 1 is 1.15 bits per heavy atom. The lowest BCUT2D eigenvalue weighted by Crippen LogP contribution is -2.39. The number of nitrogens with one attached hydrogen (secondary N) is 1. The van der Waals surface area contributed by atoms with Crippen LogP contribution in [0, 0.1) is 20.8 Å². The van der Waals surface area contributed by atoms with Crippen molar-refractivity contribution >= 4 is 12.1 Å². The first kappa shape index (κ1) is 19.9. The summed E-state index contributed by atoms with van der Waals surface area (Å²) in [7, 11) is 1.96. The van der Waals surface area contributed by atoms with Gasteiger partial charge in [-0.25, -0.2) is 5.43 Å². The molecule has 0 radical (unpaired) electrons. The number of carbonyl (C=O) groups excluding carboxylic acids is 1. The number of amides is 1. The fraction of sp³-hybridized carbons (Fsp3) is 0.364. The number of benzene rings is 2. The molecule has 2 rings (SSSR count). The van der Waals surface area contributed by atoms with E-state index in [0.717, 1.165) is 23.1 Å². The Morgan fingerprint density at radius 3 is 2.38 bits per heavy atom. The molecule has 0 aliphatic rings. The average Bonchev–Trinajstić information content (AvgIpc) is 2.58. The number of likely N-dealkylation sites (N-methyl/N-ethyl adjacent to an activating group) is 1. The Balaban J connectivity index is 1.86. The van der Waals surface area contributed by atoms with Crippen LogP contribution in [0.15, 0.2) is 47.6 Å². The molecule has 0 saturated carbocycles. The first-order chi connectivity index (χ1) is 12.4. The summed E-state index contributed by atoms with van der Waals surface area (Å²) in [6.45, 7) is 8.64. The van der Waals surface area contributed by atoms with Crippen LogP contribution in [0.25, 0.3) is 0 Å². The van der Waals surface area contributed by atoms with Gasteiger partial charge < -0.3 is 0 Å². The second kappa shape index (κ2) is 9.30. The van der Waals surface area contributed by atoms with E-state index in [2.05, 4.69) is 62.5 Å². The van der Waals surface area contributed by atoms with Crippen LogP contribution in [0.2, 0.25) is 0 Å². The van der Waals surface area contributed by atoms with Crippen LogP contribution in [0.5, 0.6) is 0 Å². The maximum absolute atomic E-state index is 12.2. The van der Waals surface area contributed by atoms with Gasteiger partial charge in [-0.3, -0.25) is 9.69 Å². The van der Waals surface area contributed by atoms with Crippen molar-refractivity contribution in [3.05, 3.63) is 70.3 Å². The van der Waals surface area contributed by atoms with Gasteiger partial charge in [0.25, 0.3) is 5.91 Å². The van der Waals surface area contributed by atoms with Gasteiger partial charge in [0.05, 0.1) is 12.8 Å². The first-order valence-electron chi connectivity index (χ1n) is 9.00. The zero-order chi connectivity index (χ0) is 19.1. The summed E-state index contributed by atoms with van der Waals surface area (Å²) in [5.41, 5.74) is 8.52. The third kappa shape index (κ3) is 5.81. The molecule has 4 nitrogen and oxygen atoms in total. The van der Waals surface area contributed by atoms with E-state index >= 15 is 0 Å². The van der Waals surface area contributed by atoms with E-state index < -0.39 is 0 Å². The summed E-state index contributed by atoms with van der Waals surface area (Å²) in [4.78, 5) is 14.2. The van der Waals surface area contributed by atoms with Crippen LogP contribution >= 0.6 is 0 Å². The van der Waals surface area contributed by atoms with Crippen molar-refractivity contribution in [1.29, 1.82) is 0 Å². The van der Waals surface area contributed by atoms with Crippen LogP contribution in [-0.2, 0) is 11.2 Å². The normalized spacial score (nSPS) is 12.5. The summed E-state index contributed by atoms with van der Waals surface area (Å²) in [5.74, 6) is -0.105. The van der Waals surface area contributed by atoms with Crippen molar-refractivity contribution in [1.82, 2.24) is 10.3 Å². The number of hydrogen-bond acceptors (Lipinski definition) is 3. The molecule has 0 aromatic heterocycles. The molecule has 2 aromatic rings. The van der Waals surface area contributed by atoms with Crippen LogP contribution in [0.4, 0.5) is 0 Å². The lowest BCUT2D eigenvalue weighted by Gasteiger charge is -2.23. The van der Waals surface area contributed by atoms with E-state index in [1.54, 1.807) is 6.21 Å². The van der Waals surface area contributed by atoms with Gasteiger partial charge in [-0.15, -0.1) is 0 Å². The van der Waals surface area contributed by atoms with Crippen LogP contribution in [0.1, 0.15) is 34.7 Å². The molecule has 1 unspecified atom stereocenters. The number of hydrogen-bond donors (Lipinski definition) is 1. The fourth-order valence-corrected chi connectivity index (χ4v) is 3.09. The molecule has 2 aromatic carbocycles. The second-order valence-electron chi connectivity index (χ2n) is 7.06. The summed E-state index contributed by atoms with van der Waals surface area (Å²) in [6.07, 6.45) is 2.64. The molecular weight excluding hydrogens is 322 g/mol. The maximum Gasteiger partial charge on any atom is 0.254 e. The topological polar surface area (TPSA) is 44.7 Å². The number of rotatable bonds is 7. The molecule has 138 valence electrons. The lowest BCUT2D eigenvalue weighted by atomic mass is 10.0. The highest BCUT2D eigenvalue weighted by molar-refractivity contribution is 5.85. The molecule has 0 saturated heterocycles. The van der Waals surface area contributed by atoms with E-state index in [9.17, 15) is 4.79 Å². The molecule has 26 heavy (non-hydrogen) atoms. The molecule has 0 heterocycles. The molecule has 0 fully saturated rings. The number of aryl methyl sites for hydroxylation is 3. The minimum atomic E-state index is -0.105. The fourth-order valence-electron chi connectivity index (χ4n) is 3.09. The minimum absolute atomic E-state index is 0.105. The average molecular weight is 351 g/mol. The van der Waals surface area contributed by atoms with Gasteiger partial charge >= 0.3 is 0 Å². The van der Waals surface area contributed by atoms with Gasteiger partial charge in [-0.05, 0) is 57.9 Å². The van der Waals surface area contributed by atoms with E-state index in [4.69, 9.17) is 0 Å². The van der Waals surface area contributed by atoms with Gasteiger partial charge in [-0.1, -0.05) is 48.0 Å². The monoisotopic (exact) mass is 351 g/mol. The van der Waals surface area contributed by atoms with Gasteiger partial charge in [-0.2, -0.15) is 5.10 Å². The second-order valence-corrected chi connectivity index (χ2v) is 7.06. The molecule has 0 aliphatic carbocycles. The highest BCUT2D eigenvalue weighted by Gasteiger charge is 2.13. The quantitative estimate of drug-likeness (QED) is 0.612. The molecule has 0 bridgehead atoms. The summed E-state index contributed by atoms with van der Waals surface area (Å²) >= 11 is 0. The Bertz CT molecular complexity index is 745. The Morgan fingerprint density at radius 2 is 1.77 bits per heavy atom. The molecule has 1 N–H and O–H groups in total. The highest BCUT2D eigenvalue weighted by Crippen LogP contribution is 2.14. The Labute approximate surface area is 156 Å². The summed E-state index contributed by atoms with van der Waals surface area (Å²) in [6, 6.07) is 14.8. The van der Waals surface area contributed by atoms with Gasteiger partial charge in [0.2, 0.25) is 0 Å². The minimum Gasteiger partial charge on any atom is -0.294 e. The van der Waals surface area contributed by atoms with Crippen molar-refractivity contribution < 1.29 is 4.79 Å². The van der Waals surface area contributed by atoms with Crippen molar-refractivity contribution in [2.75, 3.05) is 13.6 Å². The van der Waals surface area contributed by atoms with Gasteiger partial charge in [0, 0.05) is 11.6 Å². The first-order valence-corrected chi connectivity index (χ1v) is 9.00. The zero-order valence-corrected chi connectivity index (χ0v) is 16.4. The van der Waals surface area contributed by atoms with Crippen LogP contribution < -0.4 is 5.43 Å². The molecule has 0 aliphatic heterocycles. The lowest BCUT2D eigenvalue weighted by molar-refractivity contribution is -0.122. The van der Waals surface area contributed by atoms with Gasteiger partial charge in [0.1, 0.15) is 0 Å². The third-order valence-electron chi connectivity index (χ3n) is 4.64.